The van der Waals surface area contributed by atoms with Gasteiger partial charge in [0.25, 0.3) is 5.91 Å². The zero-order valence-corrected chi connectivity index (χ0v) is 8.58. The van der Waals surface area contributed by atoms with E-state index in [0.29, 0.717) is 16.8 Å². The van der Waals surface area contributed by atoms with Crippen LogP contribution in [-0.4, -0.2) is 16.8 Å². The van der Waals surface area contributed by atoms with Gasteiger partial charge < -0.3 is 0 Å². The first-order chi connectivity index (χ1) is 7.58. The number of pyridine rings is 1. The number of nitrogens with one attached hydrogen (secondary N) is 1. The minimum atomic E-state index is -0.437. The predicted molar refractivity (Wildman–Crippen MR) is 54.6 cm³/mol. The van der Waals surface area contributed by atoms with Gasteiger partial charge in [0.05, 0.1) is 18.3 Å². The fourth-order valence-corrected chi connectivity index (χ4v) is 1.54. The van der Waals surface area contributed by atoms with Crippen LogP contribution in [0.5, 0.6) is 0 Å². The molecule has 0 bridgehead atoms. The average molecular weight is 220 g/mol. The van der Waals surface area contributed by atoms with E-state index >= 15 is 0 Å². The van der Waals surface area contributed by atoms with Crippen molar-refractivity contribution in [2.75, 3.05) is 0 Å². The lowest BCUT2D eigenvalue weighted by atomic mass is 10.0. The Bertz CT molecular complexity index is 491. The zero-order chi connectivity index (χ0) is 11.7. The molecule has 82 valence electrons. The summed E-state index contributed by atoms with van der Waals surface area (Å²) in [5.74, 6) is -1.15. The Kier molecular flexibility index (Phi) is 2.52. The molecular weight excluding hydrogens is 211 g/mol. The van der Waals surface area contributed by atoms with Gasteiger partial charge in [0.2, 0.25) is 5.91 Å². The molecule has 1 aromatic heterocycles. The number of nitrogens with zero attached hydrogens (tertiary/aromatic N) is 1. The van der Waals surface area contributed by atoms with Crippen LogP contribution >= 0.6 is 0 Å². The van der Waals surface area contributed by atoms with Gasteiger partial charge >= 0.3 is 0 Å². The third kappa shape index (κ3) is 1.84. The lowest BCUT2D eigenvalue weighted by Gasteiger charge is -2.02. The van der Waals surface area contributed by atoms with Crippen molar-refractivity contribution in [3.05, 3.63) is 35.4 Å². The van der Waals surface area contributed by atoms with Crippen LogP contribution in [0.1, 0.15) is 19.0 Å². The van der Waals surface area contributed by atoms with E-state index in [-0.39, 0.29) is 12.3 Å². The summed E-state index contributed by atoms with van der Waals surface area (Å²) >= 11 is 0. The number of hydrogen-bond donors (Lipinski definition) is 1. The highest BCUT2D eigenvalue weighted by molar-refractivity contribution is 6.16. The first kappa shape index (κ1) is 10.5. The number of carbonyl (C=O) groups excluding carboxylic acids is 2. The number of allylic oxidation sites excluding steroid dienone is 1. The summed E-state index contributed by atoms with van der Waals surface area (Å²) in [6, 6.07) is 2.74. The van der Waals surface area contributed by atoms with Crippen molar-refractivity contribution >= 4 is 17.4 Å². The molecule has 0 aliphatic carbocycles. The quantitative estimate of drug-likeness (QED) is 0.568. The molecule has 0 radical (unpaired) electrons. The van der Waals surface area contributed by atoms with Crippen LogP contribution in [-0.2, 0) is 9.59 Å². The number of imide groups is 1. The van der Waals surface area contributed by atoms with E-state index in [1.54, 1.807) is 6.92 Å². The van der Waals surface area contributed by atoms with Gasteiger partial charge in [-0.1, -0.05) is 0 Å². The van der Waals surface area contributed by atoms with Gasteiger partial charge in [-0.15, -0.1) is 0 Å². The standard InChI is InChI=1S/C11H9FN2O2/c1-6(8-4-10(15)14-11(8)16)9-3-2-7(12)5-13-9/h2-3,5H,4H2,1H3,(H,14,15,16)/b8-6+. The highest BCUT2D eigenvalue weighted by Crippen LogP contribution is 2.21. The summed E-state index contributed by atoms with van der Waals surface area (Å²) in [5, 5.41) is 2.19. The van der Waals surface area contributed by atoms with E-state index < -0.39 is 11.7 Å². The summed E-state index contributed by atoms with van der Waals surface area (Å²) in [4.78, 5) is 26.2. The van der Waals surface area contributed by atoms with Crippen LogP contribution in [0, 0.1) is 5.82 Å². The normalized spacial score (nSPS) is 18.6. The van der Waals surface area contributed by atoms with Crippen LogP contribution in [0.4, 0.5) is 4.39 Å². The van der Waals surface area contributed by atoms with E-state index in [2.05, 4.69) is 10.3 Å². The van der Waals surface area contributed by atoms with Crippen LogP contribution in [0.2, 0.25) is 0 Å². The van der Waals surface area contributed by atoms with E-state index in [1.807, 2.05) is 0 Å². The van der Waals surface area contributed by atoms with Gasteiger partial charge in [0.15, 0.2) is 0 Å². The molecule has 16 heavy (non-hydrogen) atoms. The van der Waals surface area contributed by atoms with Gasteiger partial charge in [0.1, 0.15) is 5.82 Å². The number of hydrogen-bond acceptors (Lipinski definition) is 3. The first-order valence-electron chi connectivity index (χ1n) is 4.74. The zero-order valence-electron chi connectivity index (χ0n) is 8.58. The lowest BCUT2D eigenvalue weighted by molar-refractivity contribution is -0.124. The van der Waals surface area contributed by atoms with Gasteiger partial charge in [-0.2, -0.15) is 0 Å². The topological polar surface area (TPSA) is 59.1 Å². The lowest BCUT2D eigenvalue weighted by Crippen LogP contribution is -2.19. The molecule has 0 aromatic carbocycles. The van der Waals surface area contributed by atoms with Gasteiger partial charge in [0, 0.05) is 5.57 Å². The van der Waals surface area contributed by atoms with Crippen molar-refractivity contribution in [2.24, 2.45) is 0 Å². The Morgan fingerprint density at radius 1 is 1.44 bits per heavy atom. The highest BCUT2D eigenvalue weighted by atomic mass is 19.1. The molecule has 0 spiro atoms. The summed E-state index contributed by atoms with van der Waals surface area (Å²) in [5.41, 5.74) is 1.49. The Morgan fingerprint density at radius 3 is 2.69 bits per heavy atom. The third-order valence-corrected chi connectivity index (χ3v) is 2.43. The molecule has 2 rings (SSSR count). The molecule has 4 nitrogen and oxygen atoms in total. The molecule has 2 amide bonds. The fraction of sp³-hybridized carbons (Fsp3) is 0.182. The maximum atomic E-state index is 12.7. The average Bonchev–Trinajstić information content (AvgIpc) is 2.58. The molecule has 1 aliphatic rings. The third-order valence-electron chi connectivity index (χ3n) is 2.43. The fourth-order valence-electron chi connectivity index (χ4n) is 1.54. The molecule has 0 atom stereocenters. The molecule has 1 aromatic rings. The Balaban J connectivity index is 2.41. The Morgan fingerprint density at radius 2 is 2.19 bits per heavy atom. The summed E-state index contributed by atoms with van der Waals surface area (Å²) < 4.78 is 12.7. The van der Waals surface area contributed by atoms with Crippen molar-refractivity contribution in [1.29, 1.82) is 0 Å². The summed E-state index contributed by atoms with van der Waals surface area (Å²) in [7, 11) is 0. The maximum absolute atomic E-state index is 12.7. The molecule has 0 saturated carbocycles. The highest BCUT2D eigenvalue weighted by Gasteiger charge is 2.26. The van der Waals surface area contributed by atoms with Crippen molar-refractivity contribution < 1.29 is 14.0 Å². The van der Waals surface area contributed by atoms with Gasteiger partial charge in [-0.25, -0.2) is 4.39 Å². The van der Waals surface area contributed by atoms with Crippen LogP contribution in [0.3, 0.4) is 0 Å². The summed E-state index contributed by atoms with van der Waals surface area (Å²) in [6.07, 6.45) is 1.14. The molecule has 5 heteroatoms. The van der Waals surface area contributed by atoms with Crippen LogP contribution in [0.15, 0.2) is 23.9 Å². The Labute approximate surface area is 91.2 Å². The number of carbonyl (C=O) groups is 2. The van der Waals surface area contributed by atoms with E-state index in [4.69, 9.17) is 0 Å². The Hall–Kier alpha value is -2.04. The second-order valence-electron chi connectivity index (χ2n) is 3.52. The molecule has 0 unspecified atom stereocenters. The molecule has 2 heterocycles. The predicted octanol–water partition coefficient (Wildman–Crippen LogP) is 1.04. The van der Waals surface area contributed by atoms with Crippen molar-refractivity contribution in [2.45, 2.75) is 13.3 Å². The molecule has 1 fully saturated rings. The maximum Gasteiger partial charge on any atom is 0.254 e. The number of halogens is 1. The van der Waals surface area contributed by atoms with E-state index in [9.17, 15) is 14.0 Å². The molecular formula is C11H9FN2O2. The SMILES string of the molecule is C/C(=C1/CC(=O)NC1=O)c1ccc(F)cn1. The second-order valence-corrected chi connectivity index (χ2v) is 3.52. The van der Waals surface area contributed by atoms with Crippen molar-refractivity contribution in [1.82, 2.24) is 10.3 Å². The van der Waals surface area contributed by atoms with Crippen molar-refractivity contribution in [3.8, 4) is 0 Å². The van der Waals surface area contributed by atoms with E-state index in [1.165, 1.54) is 12.1 Å². The largest absolute Gasteiger partial charge is 0.292 e. The summed E-state index contributed by atoms with van der Waals surface area (Å²) in [6.45, 7) is 1.69. The van der Waals surface area contributed by atoms with Gasteiger partial charge in [-0.3, -0.25) is 19.9 Å². The number of amides is 2. The van der Waals surface area contributed by atoms with E-state index in [0.717, 1.165) is 6.20 Å². The van der Waals surface area contributed by atoms with Crippen LogP contribution in [0.25, 0.3) is 5.57 Å². The first-order valence-corrected chi connectivity index (χ1v) is 4.74. The minimum Gasteiger partial charge on any atom is -0.292 e. The number of aromatic nitrogens is 1. The molecule has 1 N–H and O–H groups in total. The molecule has 1 saturated heterocycles. The smallest absolute Gasteiger partial charge is 0.254 e. The van der Waals surface area contributed by atoms with Crippen molar-refractivity contribution in [3.63, 3.8) is 0 Å². The second kappa shape index (κ2) is 3.84. The van der Waals surface area contributed by atoms with Crippen LogP contribution < -0.4 is 5.32 Å². The monoisotopic (exact) mass is 220 g/mol. The number of rotatable bonds is 1. The van der Waals surface area contributed by atoms with Gasteiger partial charge in [-0.05, 0) is 24.6 Å². The molecule has 1 aliphatic heterocycles. The minimum absolute atomic E-state index is 0.0592.